The van der Waals surface area contributed by atoms with Gasteiger partial charge in [-0.15, -0.1) is 6.58 Å². The fraction of sp³-hybridized carbons (Fsp3) is 0.467. The molecule has 0 saturated carbocycles. The molecule has 1 aromatic rings. The number of nitrogens with zero attached hydrogens (tertiary/aromatic N) is 1. The van der Waals surface area contributed by atoms with E-state index in [0.717, 1.165) is 38.3 Å². The SMILES string of the molecule is C=CC[C@@H](c1cccc(OC)c1)N1CCNCC1. The molecule has 0 spiro atoms. The van der Waals surface area contributed by atoms with Gasteiger partial charge in [0.15, 0.2) is 0 Å². The van der Waals surface area contributed by atoms with E-state index in [2.05, 4.69) is 35.0 Å². The molecular formula is C15H22N2O. The number of nitrogens with one attached hydrogen (secondary N) is 1. The first-order valence-electron chi connectivity index (χ1n) is 6.54. The standard InChI is InChI=1S/C15H22N2O/c1-3-5-15(17-10-8-16-9-11-17)13-6-4-7-14(12-13)18-2/h3-4,6-7,12,15-16H,1,5,8-11H2,2H3/t15-/m0/s1. The van der Waals surface area contributed by atoms with Crippen LogP contribution < -0.4 is 10.1 Å². The molecule has 0 unspecified atom stereocenters. The molecule has 1 atom stereocenters. The molecule has 98 valence electrons. The van der Waals surface area contributed by atoms with Crippen LogP contribution in [0.1, 0.15) is 18.0 Å². The third-order valence-corrected chi connectivity index (χ3v) is 3.46. The molecule has 0 aliphatic carbocycles. The molecular weight excluding hydrogens is 224 g/mol. The third-order valence-electron chi connectivity index (χ3n) is 3.46. The van der Waals surface area contributed by atoms with Crippen LogP contribution in [0.5, 0.6) is 5.75 Å². The topological polar surface area (TPSA) is 24.5 Å². The lowest BCUT2D eigenvalue weighted by atomic mass is 10.0. The van der Waals surface area contributed by atoms with Crippen molar-refractivity contribution in [3.63, 3.8) is 0 Å². The van der Waals surface area contributed by atoms with Crippen LogP contribution in [0.3, 0.4) is 0 Å². The first-order valence-corrected chi connectivity index (χ1v) is 6.54. The van der Waals surface area contributed by atoms with Crippen molar-refractivity contribution in [1.82, 2.24) is 10.2 Å². The van der Waals surface area contributed by atoms with Crippen molar-refractivity contribution in [2.75, 3.05) is 33.3 Å². The van der Waals surface area contributed by atoms with Crippen molar-refractivity contribution in [1.29, 1.82) is 0 Å². The second-order valence-corrected chi connectivity index (χ2v) is 4.60. The quantitative estimate of drug-likeness (QED) is 0.806. The summed E-state index contributed by atoms with van der Waals surface area (Å²) < 4.78 is 5.31. The summed E-state index contributed by atoms with van der Waals surface area (Å²) >= 11 is 0. The molecule has 18 heavy (non-hydrogen) atoms. The maximum atomic E-state index is 5.31. The minimum atomic E-state index is 0.416. The summed E-state index contributed by atoms with van der Waals surface area (Å²) in [6, 6.07) is 8.79. The molecule has 1 saturated heterocycles. The summed E-state index contributed by atoms with van der Waals surface area (Å²) in [6.45, 7) is 8.21. The van der Waals surface area contributed by atoms with Crippen LogP contribution in [0, 0.1) is 0 Å². The lowest BCUT2D eigenvalue weighted by Crippen LogP contribution is -2.45. The van der Waals surface area contributed by atoms with Gasteiger partial charge in [-0.05, 0) is 24.1 Å². The Labute approximate surface area is 109 Å². The predicted molar refractivity (Wildman–Crippen MR) is 75.0 cm³/mol. The Balaban J connectivity index is 2.19. The molecule has 1 heterocycles. The molecule has 0 aromatic heterocycles. The number of benzene rings is 1. The van der Waals surface area contributed by atoms with Crippen molar-refractivity contribution >= 4 is 0 Å². The summed E-state index contributed by atoms with van der Waals surface area (Å²) in [7, 11) is 1.71. The van der Waals surface area contributed by atoms with Crippen LogP contribution in [0.25, 0.3) is 0 Å². The first-order chi connectivity index (χ1) is 8.85. The highest BCUT2D eigenvalue weighted by Crippen LogP contribution is 2.27. The zero-order chi connectivity index (χ0) is 12.8. The number of hydrogen-bond acceptors (Lipinski definition) is 3. The maximum Gasteiger partial charge on any atom is 0.119 e. The number of piperazine rings is 1. The van der Waals surface area contributed by atoms with E-state index in [1.807, 2.05) is 12.1 Å². The maximum absolute atomic E-state index is 5.31. The van der Waals surface area contributed by atoms with Gasteiger partial charge in [0, 0.05) is 32.2 Å². The Morgan fingerprint density at radius 3 is 2.89 bits per heavy atom. The molecule has 0 bridgehead atoms. The molecule has 0 amide bonds. The van der Waals surface area contributed by atoms with Gasteiger partial charge in [0.25, 0.3) is 0 Å². The number of rotatable bonds is 5. The first kappa shape index (κ1) is 13.1. The zero-order valence-corrected chi connectivity index (χ0v) is 11.1. The zero-order valence-electron chi connectivity index (χ0n) is 11.1. The van der Waals surface area contributed by atoms with Crippen LogP contribution in [0.2, 0.25) is 0 Å². The Morgan fingerprint density at radius 1 is 1.44 bits per heavy atom. The predicted octanol–water partition coefficient (Wildman–Crippen LogP) is 2.22. The van der Waals surface area contributed by atoms with E-state index in [1.165, 1.54) is 5.56 Å². The largest absolute Gasteiger partial charge is 0.497 e. The monoisotopic (exact) mass is 246 g/mol. The van der Waals surface area contributed by atoms with E-state index in [1.54, 1.807) is 7.11 Å². The molecule has 3 nitrogen and oxygen atoms in total. The molecule has 1 aliphatic heterocycles. The van der Waals surface area contributed by atoms with Crippen LogP contribution in [-0.2, 0) is 0 Å². The summed E-state index contributed by atoms with van der Waals surface area (Å²) in [6.07, 6.45) is 2.99. The van der Waals surface area contributed by atoms with Crippen molar-refractivity contribution in [2.45, 2.75) is 12.5 Å². The minimum Gasteiger partial charge on any atom is -0.497 e. The summed E-state index contributed by atoms with van der Waals surface area (Å²) in [4.78, 5) is 2.52. The molecule has 1 N–H and O–H groups in total. The summed E-state index contributed by atoms with van der Waals surface area (Å²) in [5.74, 6) is 0.927. The Morgan fingerprint density at radius 2 is 2.22 bits per heavy atom. The van der Waals surface area contributed by atoms with Crippen molar-refractivity contribution < 1.29 is 4.74 Å². The van der Waals surface area contributed by atoms with Crippen molar-refractivity contribution in [2.24, 2.45) is 0 Å². The normalized spacial score (nSPS) is 18.3. The van der Waals surface area contributed by atoms with Gasteiger partial charge in [0.05, 0.1) is 7.11 Å². The molecule has 1 aromatic carbocycles. The second-order valence-electron chi connectivity index (χ2n) is 4.60. The average Bonchev–Trinajstić information content (AvgIpc) is 2.46. The second kappa shape index (κ2) is 6.57. The van der Waals surface area contributed by atoms with E-state index in [0.29, 0.717) is 6.04 Å². The highest BCUT2D eigenvalue weighted by atomic mass is 16.5. The van der Waals surface area contributed by atoms with Gasteiger partial charge >= 0.3 is 0 Å². The van der Waals surface area contributed by atoms with E-state index in [4.69, 9.17) is 4.74 Å². The van der Waals surface area contributed by atoms with Crippen molar-refractivity contribution in [3.8, 4) is 5.75 Å². The van der Waals surface area contributed by atoms with Gasteiger partial charge in [-0.2, -0.15) is 0 Å². The van der Waals surface area contributed by atoms with Gasteiger partial charge in [-0.1, -0.05) is 18.2 Å². The fourth-order valence-corrected chi connectivity index (χ4v) is 2.50. The van der Waals surface area contributed by atoms with E-state index in [9.17, 15) is 0 Å². The minimum absolute atomic E-state index is 0.416. The molecule has 1 fully saturated rings. The number of methoxy groups -OCH3 is 1. The van der Waals surface area contributed by atoms with Crippen LogP contribution in [0.4, 0.5) is 0 Å². The van der Waals surface area contributed by atoms with Crippen LogP contribution in [0.15, 0.2) is 36.9 Å². The van der Waals surface area contributed by atoms with Crippen LogP contribution in [-0.4, -0.2) is 38.2 Å². The third kappa shape index (κ3) is 3.12. The average molecular weight is 246 g/mol. The molecule has 0 radical (unpaired) electrons. The molecule has 3 heteroatoms. The van der Waals surface area contributed by atoms with Crippen molar-refractivity contribution in [3.05, 3.63) is 42.5 Å². The molecule has 1 aliphatic rings. The number of hydrogen-bond donors (Lipinski definition) is 1. The Kier molecular flexibility index (Phi) is 4.79. The molecule has 2 rings (SSSR count). The lowest BCUT2D eigenvalue weighted by Gasteiger charge is -2.34. The summed E-state index contributed by atoms with van der Waals surface area (Å²) in [5, 5.41) is 3.39. The highest BCUT2D eigenvalue weighted by molar-refractivity contribution is 5.31. The number of ether oxygens (including phenoxy) is 1. The van der Waals surface area contributed by atoms with E-state index in [-0.39, 0.29) is 0 Å². The van der Waals surface area contributed by atoms with Gasteiger partial charge in [0.1, 0.15) is 5.75 Å². The van der Waals surface area contributed by atoms with Gasteiger partial charge < -0.3 is 10.1 Å². The highest BCUT2D eigenvalue weighted by Gasteiger charge is 2.21. The Hall–Kier alpha value is -1.32. The van der Waals surface area contributed by atoms with Crippen LogP contribution >= 0.6 is 0 Å². The summed E-state index contributed by atoms with van der Waals surface area (Å²) in [5.41, 5.74) is 1.32. The lowest BCUT2D eigenvalue weighted by molar-refractivity contribution is 0.174. The van der Waals surface area contributed by atoms with Gasteiger partial charge in [-0.25, -0.2) is 0 Å². The van der Waals surface area contributed by atoms with Gasteiger partial charge in [0.2, 0.25) is 0 Å². The van der Waals surface area contributed by atoms with Gasteiger partial charge in [-0.3, -0.25) is 4.90 Å². The fourth-order valence-electron chi connectivity index (χ4n) is 2.50. The van der Waals surface area contributed by atoms with E-state index >= 15 is 0 Å². The van der Waals surface area contributed by atoms with E-state index < -0.39 is 0 Å². The smallest absolute Gasteiger partial charge is 0.119 e. The Bertz CT molecular complexity index is 386.